The Kier molecular flexibility index (Phi) is 13.6. The lowest BCUT2D eigenvalue weighted by Crippen LogP contribution is -2.41. The van der Waals surface area contributed by atoms with Gasteiger partial charge in [-0.15, -0.1) is 0 Å². The van der Waals surface area contributed by atoms with Crippen LogP contribution in [0.4, 0.5) is 35.1 Å². The lowest BCUT2D eigenvalue weighted by molar-refractivity contribution is -0.290. The number of rotatable bonds is 16. The quantitative estimate of drug-likeness (QED) is 0.0816. The second-order valence-corrected chi connectivity index (χ2v) is 14.9. The number of hydrogen-bond donors (Lipinski definition) is 0. The van der Waals surface area contributed by atoms with Crippen molar-refractivity contribution in [2.45, 2.75) is 59.5 Å². The molecule has 0 aromatic heterocycles. The number of alkyl halides is 13. The van der Waals surface area contributed by atoms with Crippen LogP contribution >= 0.6 is 66.7 Å². The second kappa shape index (κ2) is 15.9. The van der Waals surface area contributed by atoms with Gasteiger partial charge in [0, 0.05) is 39.7 Å². The summed E-state index contributed by atoms with van der Waals surface area (Å²) in [7, 11) is 0. The van der Waals surface area contributed by atoms with Crippen molar-refractivity contribution in [3.8, 4) is 39.9 Å². The predicted octanol–water partition coefficient (Wildman–Crippen LogP) is 10.6. The van der Waals surface area contributed by atoms with Gasteiger partial charge in [-0.1, -0.05) is 78.8 Å². The molecular weight excluding hydrogens is 834 g/mol. The van der Waals surface area contributed by atoms with Crippen LogP contribution < -0.4 is 23.7 Å². The van der Waals surface area contributed by atoms with Gasteiger partial charge in [-0.2, -0.15) is 35.1 Å². The SMILES string of the molecule is CC(Br)COc1cccc2c1-c1c(c(OCC(F)(F)C(F)(F)F)c(OCCC(Cl)(Cl)Cl)c(OCCC(F)(F)F)c1OCCCBr)C2. The highest BCUT2D eigenvalue weighted by Gasteiger charge is 2.58. The van der Waals surface area contributed by atoms with Crippen molar-refractivity contribution < 1.29 is 58.8 Å². The van der Waals surface area contributed by atoms with E-state index in [-0.39, 0.29) is 53.5 Å². The third-order valence-corrected chi connectivity index (χ3v) is 7.61. The van der Waals surface area contributed by atoms with Gasteiger partial charge in [-0.05, 0) is 25.0 Å². The lowest BCUT2D eigenvalue weighted by Gasteiger charge is -2.26. The van der Waals surface area contributed by atoms with Crippen molar-refractivity contribution in [1.29, 1.82) is 0 Å². The summed E-state index contributed by atoms with van der Waals surface area (Å²) in [6, 6.07) is 4.89. The van der Waals surface area contributed by atoms with Crippen molar-refractivity contribution in [2.75, 3.05) is 38.4 Å². The van der Waals surface area contributed by atoms with Crippen molar-refractivity contribution in [3.63, 3.8) is 0 Å². The molecule has 0 spiro atoms. The molecule has 0 saturated carbocycles. The van der Waals surface area contributed by atoms with E-state index < -0.39 is 65.6 Å². The highest BCUT2D eigenvalue weighted by Crippen LogP contribution is 2.59. The third-order valence-electron chi connectivity index (χ3n) is 6.22. The molecule has 1 unspecified atom stereocenters. The number of hydrogen-bond acceptors (Lipinski definition) is 5. The number of benzene rings is 2. The van der Waals surface area contributed by atoms with Gasteiger partial charge in [0.1, 0.15) is 12.4 Å². The van der Waals surface area contributed by atoms with Crippen LogP contribution in [0.25, 0.3) is 11.1 Å². The Morgan fingerprint density at radius 1 is 0.783 bits per heavy atom. The fourth-order valence-electron chi connectivity index (χ4n) is 4.23. The number of ether oxygens (including phenoxy) is 5. The first-order chi connectivity index (χ1) is 21.3. The minimum atomic E-state index is -5.98. The maximum absolute atomic E-state index is 14.2. The van der Waals surface area contributed by atoms with Crippen LogP contribution in [0.2, 0.25) is 0 Å². The minimum absolute atomic E-state index is 0.00987. The summed E-state index contributed by atoms with van der Waals surface area (Å²) in [6.45, 7) is -1.70. The highest BCUT2D eigenvalue weighted by atomic mass is 79.9. The molecule has 46 heavy (non-hydrogen) atoms. The predicted molar refractivity (Wildman–Crippen MR) is 166 cm³/mol. The van der Waals surface area contributed by atoms with Crippen LogP contribution in [-0.4, -0.2) is 65.3 Å². The first-order valence-corrected chi connectivity index (χ1v) is 16.7. The van der Waals surface area contributed by atoms with Crippen molar-refractivity contribution in [2.24, 2.45) is 0 Å². The molecule has 5 nitrogen and oxygen atoms in total. The van der Waals surface area contributed by atoms with Crippen LogP contribution in [0.5, 0.6) is 28.7 Å². The average molecular weight is 862 g/mol. The zero-order valence-electron chi connectivity index (χ0n) is 23.8. The van der Waals surface area contributed by atoms with Crippen LogP contribution in [0.15, 0.2) is 18.2 Å². The molecule has 1 aliphatic carbocycles. The summed E-state index contributed by atoms with van der Waals surface area (Å²) in [5, 5.41) is 0.466. The molecule has 0 radical (unpaired) electrons. The summed E-state index contributed by atoms with van der Waals surface area (Å²) in [4.78, 5) is -0.114. The van der Waals surface area contributed by atoms with Gasteiger partial charge in [0.05, 0.1) is 26.2 Å². The molecule has 0 heterocycles. The van der Waals surface area contributed by atoms with E-state index in [4.69, 9.17) is 58.5 Å². The standard InChI is InChI=1S/C28H27Br2Cl3F8O5/c1-15(30)13-45-18-5-2-4-16-12-17-20(19(16)18)22(42-9-3-8-29)24(44-11-7-27(36,37)38)23(43-10-6-26(31,32)33)21(17)46-14-25(34,35)28(39,40)41/h2,4-5,15H,3,6-14H2,1H3. The largest absolute Gasteiger partial charge is 0.492 e. The Morgan fingerprint density at radius 3 is 1.96 bits per heavy atom. The molecule has 18 heteroatoms. The monoisotopic (exact) mass is 858 g/mol. The van der Waals surface area contributed by atoms with E-state index >= 15 is 0 Å². The van der Waals surface area contributed by atoms with Gasteiger partial charge >= 0.3 is 18.3 Å². The molecule has 1 atom stereocenters. The Hall–Kier alpha value is -1.29. The maximum Gasteiger partial charge on any atom is 0.456 e. The van der Waals surface area contributed by atoms with Crippen molar-refractivity contribution in [1.82, 2.24) is 0 Å². The fraction of sp³-hybridized carbons (Fsp3) is 0.571. The molecule has 0 amide bonds. The molecule has 1 aliphatic rings. The zero-order valence-corrected chi connectivity index (χ0v) is 29.3. The number of halogens is 13. The van der Waals surface area contributed by atoms with E-state index in [2.05, 4.69) is 31.9 Å². The minimum Gasteiger partial charge on any atom is -0.492 e. The molecule has 3 rings (SSSR count). The van der Waals surface area contributed by atoms with Gasteiger partial charge in [-0.3, -0.25) is 0 Å². The van der Waals surface area contributed by atoms with Crippen LogP contribution in [0.3, 0.4) is 0 Å². The lowest BCUT2D eigenvalue weighted by atomic mass is 10.0. The maximum atomic E-state index is 14.2. The Labute approximate surface area is 291 Å². The normalized spacial score (nSPS) is 14.0. The Balaban J connectivity index is 2.33. The molecule has 2 aromatic rings. The van der Waals surface area contributed by atoms with E-state index in [0.29, 0.717) is 22.9 Å². The third kappa shape index (κ3) is 10.6. The van der Waals surface area contributed by atoms with Crippen molar-refractivity contribution >= 4 is 66.7 Å². The van der Waals surface area contributed by atoms with E-state index in [1.807, 2.05) is 6.92 Å². The average Bonchev–Trinajstić information content (AvgIpc) is 3.30. The van der Waals surface area contributed by atoms with Crippen molar-refractivity contribution in [3.05, 3.63) is 29.3 Å². The second-order valence-electron chi connectivity index (χ2n) is 10.0. The Bertz CT molecular complexity index is 1340. The van der Waals surface area contributed by atoms with Crippen LogP contribution in [0, 0.1) is 0 Å². The molecule has 0 bridgehead atoms. The van der Waals surface area contributed by atoms with E-state index in [1.54, 1.807) is 18.2 Å². The molecule has 0 aliphatic heterocycles. The molecule has 0 N–H and O–H groups in total. The summed E-state index contributed by atoms with van der Waals surface area (Å²) >= 11 is 24.1. The van der Waals surface area contributed by atoms with Crippen LogP contribution in [-0.2, 0) is 6.42 Å². The summed E-state index contributed by atoms with van der Waals surface area (Å²) in [5.74, 6) is -6.93. The highest BCUT2D eigenvalue weighted by molar-refractivity contribution is 9.09. The molecule has 2 aromatic carbocycles. The summed E-state index contributed by atoms with van der Waals surface area (Å²) in [6.07, 6.45) is -12.1. The summed E-state index contributed by atoms with van der Waals surface area (Å²) in [5.41, 5.74) is 1.06. The van der Waals surface area contributed by atoms with Crippen LogP contribution in [0.1, 0.15) is 37.3 Å². The Morgan fingerprint density at radius 2 is 1.39 bits per heavy atom. The van der Waals surface area contributed by atoms with Gasteiger partial charge in [-0.25, -0.2) is 0 Å². The molecule has 0 saturated heterocycles. The fourth-order valence-corrected chi connectivity index (χ4v) is 4.82. The first kappa shape index (κ1) is 39.2. The van der Waals surface area contributed by atoms with Gasteiger partial charge < -0.3 is 23.7 Å². The van der Waals surface area contributed by atoms with E-state index in [0.717, 1.165) is 0 Å². The smallest absolute Gasteiger partial charge is 0.456 e. The molecular formula is C28H27Br2Cl3F8O5. The zero-order chi connectivity index (χ0) is 34.5. The van der Waals surface area contributed by atoms with E-state index in [9.17, 15) is 35.1 Å². The molecule has 260 valence electrons. The first-order valence-electron chi connectivity index (χ1n) is 13.5. The topological polar surface area (TPSA) is 46.2 Å². The van der Waals surface area contributed by atoms with E-state index in [1.165, 1.54) is 0 Å². The van der Waals surface area contributed by atoms with Gasteiger partial charge in [0.15, 0.2) is 21.9 Å². The molecule has 0 fully saturated rings. The summed E-state index contributed by atoms with van der Waals surface area (Å²) < 4.78 is 134. The number of fused-ring (bicyclic) bond motifs is 3. The van der Waals surface area contributed by atoms with Gasteiger partial charge in [0.2, 0.25) is 11.5 Å². The van der Waals surface area contributed by atoms with Gasteiger partial charge in [0.25, 0.3) is 0 Å².